The fraction of sp³-hybridized carbons (Fsp3) is 0.409. The minimum absolute atomic E-state index is 0.161. The molecule has 7 heteroatoms. The van der Waals surface area contributed by atoms with Crippen molar-refractivity contribution in [2.24, 2.45) is 0 Å². The Labute approximate surface area is 175 Å². The number of anilines is 3. The van der Waals surface area contributed by atoms with Gasteiger partial charge in [-0.15, -0.1) is 0 Å². The van der Waals surface area contributed by atoms with Crippen LogP contribution < -0.4 is 16.0 Å². The summed E-state index contributed by atoms with van der Waals surface area (Å²) in [7, 11) is 0. The molecule has 0 saturated carbocycles. The van der Waals surface area contributed by atoms with E-state index >= 15 is 0 Å². The summed E-state index contributed by atoms with van der Waals surface area (Å²) in [6.07, 6.45) is 5.76. The van der Waals surface area contributed by atoms with Gasteiger partial charge in [0.25, 0.3) is 0 Å². The van der Waals surface area contributed by atoms with Gasteiger partial charge in [0.1, 0.15) is 11.6 Å². The Morgan fingerprint density at radius 3 is 2.72 bits per heavy atom. The average Bonchev–Trinajstić information content (AvgIpc) is 2.73. The van der Waals surface area contributed by atoms with Crippen LogP contribution in [0.4, 0.5) is 17.6 Å². The van der Waals surface area contributed by atoms with Crippen molar-refractivity contribution < 1.29 is 4.79 Å². The lowest BCUT2D eigenvalue weighted by molar-refractivity contribution is -0.116. The van der Waals surface area contributed by atoms with Crippen molar-refractivity contribution in [3.8, 4) is 0 Å². The molecular formula is C22H24ClN5O. The lowest BCUT2D eigenvalue weighted by Gasteiger charge is -2.35. The molecular weight excluding hydrogens is 386 g/mol. The number of carbonyl (C=O) groups excluding carboxylic acids is 1. The van der Waals surface area contributed by atoms with Gasteiger partial charge >= 0.3 is 0 Å². The average molecular weight is 410 g/mol. The largest absolute Gasteiger partial charge is 0.383 e. The number of hydrogen-bond donors (Lipinski definition) is 2. The van der Waals surface area contributed by atoms with Gasteiger partial charge in [0, 0.05) is 47.3 Å². The molecule has 1 atom stereocenters. The summed E-state index contributed by atoms with van der Waals surface area (Å²) < 4.78 is 0. The number of fused-ring (bicyclic) bond motifs is 1. The van der Waals surface area contributed by atoms with Crippen molar-refractivity contribution in [1.82, 2.24) is 9.97 Å². The third-order valence-electron chi connectivity index (χ3n) is 6.09. The molecule has 6 nitrogen and oxygen atoms in total. The topological polar surface area (TPSA) is 84.1 Å². The number of nitrogen functional groups attached to an aromatic ring is 1. The lowest BCUT2D eigenvalue weighted by atomic mass is 9.76. The van der Waals surface area contributed by atoms with Crippen LogP contribution in [0.15, 0.2) is 35.5 Å². The van der Waals surface area contributed by atoms with Crippen molar-refractivity contribution in [2.75, 3.05) is 29.0 Å². The van der Waals surface area contributed by atoms with Crippen LogP contribution in [-0.4, -0.2) is 28.8 Å². The predicted octanol–water partition coefficient (Wildman–Crippen LogP) is 4.27. The Balaban J connectivity index is 1.67. The number of hydrogen-bond acceptors (Lipinski definition) is 6. The summed E-state index contributed by atoms with van der Waals surface area (Å²) in [5, 5.41) is 4.07. The Bertz CT molecular complexity index is 1010. The van der Waals surface area contributed by atoms with Gasteiger partial charge in [-0.05, 0) is 49.8 Å². The molecule has 3 N–H and O–H groups in total. The van der Waals surface area contributed by atoms with Crippen LogP contribution in [0, 0.1) is 0 Å². The fourth-order valence-electron chi connectivity index (χ4n) is 4.72. The maximum absolute atomic E-state index is 12.9. The van der Waals surface area contributed by atoms with Gasteiger partial charge in [-0.25, -0.2) is 0 Å². The van der Waals surface area contributed by atoms with Crippen LogP contribution in [0.5, 0.6) is 0 Å². The number of nitrogens with zero attached hydrogens (tertiary/aromatic N) is 3. The first kappa shape index (κ1) is 18.4. The molecule has 3 aliphatic rings. The molecule has 0 bridgehead atoms. The molecule has 5 rings (SSSR count). The fourth-order valence-corrected chi connectivity index (χ4v) is 4.92. The molecule has 2 aliphatic heterocycles. The number of halogens is 1. The van der Waals surface area contributed by atoms with E-state index in [1.807, 2.05) is 24.3 Å². The second-order valence-corrected chi connectivity index (χ2v) is 8.44. The highest BCUT2D eigenvalue weighted by molar-refractivity contribution is 6.30. The van der Waals surface area contributed by atoms with Crippen LogP contribution in [0.1, 0.15) is 55.6 Å². The third kappa shape index (κ3) is 3.25. The van der Waals surface area contributed by atoms with E-state index in [2.05, 4.69) is 15.2 Å². The quantitative estimate of drug-likeness (QED) is 0.770. The minimum atomic E-state index is -0.289. The van der Waals surface area contributed by atoms with Crippen LogP contribution in [0.2, 0.25) is 5.02 Å². The van der Waals surface area contributed by atoms with E-state index in [-0.39, 0.29) is 11.7 Å². The molecule has 1 aromatic heterocycles. The van der Waals surface area contributed by atoms with Gasteiger partial charge in [-0.2, -0.15) is 9.97 Å². The Kier molecular flexibility index (Phi) is 4.66. The zero-order valence-corrected chi connectivity index (χ0v) is 17.0. The van der Waals surface area contributed by atoms with E-state index in [9.17, 15) is 4.79 Å². The molecule has 2 aromatic rings. The summed E-state index contributed by atoms with van der Waals surface area (Å²) in [4.78, 5) is 24.6. The maximum Gasteiger partial charge on any atom is 0.229 e. The van der Waals surface area contributed by atoms with Gasteiger partial charge < -0.3 is 16.0 Å². The van der Waals surface area contributed by atoms with Gasteiger partial charge in [-0.3, -0.25) is 4.79 Å². The first-order valence-corrected chi connectivity index (χ1v) is 10.7. The minimum Gasteiger partial charge on any atom is -0.383 e. The number of benzene rings is 1. The molecule has 1 aliphatic carbocycles. The Morgan fingerprint density at radius 2 is 1.93 bits per heavy atom. The third-order valence-corrected chi connectivity index (χ3v) is 6.32. The number of nitrogens with one attached hydrogen (secondary N) is 1. The van der Waals surface area contributed by atoms with Crippen molar-refractivity contribution in [3.63, 3.8) is 0 Å². The van der Waals surface area contributed by atoms with Crippen LogP contribution >= 0.6 is 11.6 Å². The number of carbonyl (C=O) groups is 1. The number of aromatic nitrogens is 2. The first-order valence-electron chi connectivity index (χ1n) is 10.3. The molecule has 0 amide bonds. The van der Waals surface area contributed by atoms with E-state index in [4.69, 9.17) is 22.3 Å². The van der Waals surface area contributed by atoms with Gasteiger partial charge in [0.2, 0.25) is 5.95 Å². The van der Waals surface area contributed by atoms with Crippen LogP contribution in [-0.2, 0) is 4.79 Å². The lowest BCUT2D eigenvalue weighted by Crippen LogP contribution is -2.33. The summed E-state index contributed by atoms with van der Waals surface area (Å²) in [6.45, 7) is 1.89. The number of nitrogens with two attached hydrogens (primary N) is 1. The van der Waals surface area contributed by atoms with E-state index in [0.717, 1.165) is 67.0 Å². The highest BCUT2D eigenvalue weighted by Gasteiger charge is 2.38. The molecule has 0 spiro atoms. The predicted molar refractivity (Wildman–Crippen MR) is 115 cm³/mol. The van der Waals surface area contributed by atoms with E-state index in [1.54, 1.807) is 0 Å². The Hall–Kier alpha value is -2.60. The number of allylic oxidation sites excluding steroid dienone is 2. The van der Waals surface area contributed by atoms with Crippen molar-refractivity contribution in [2.45, 2.75) is 44.4 Å². The van der Waals surface area contributed by atoms with Gasteiger partial charge in [0.05, 0.1) is 0 Å². The molecule has 1 saturated heterocycles. The molecule has 29 heavy (non-hydrogen) atoms. The number of rotatable bonds is 2. The second kappa shape index (κ2) is 7.34. The molecule has 1 fully saturated rings. The molecule has 1 aromatic carbocycles. The number of ketones is 1. The zero-order valence-electron chi connectivity index (χ0n) is 16.2. The zero-order chi connectivity index (χ0) is 20.0. The van der Waals surface area contributed by atoms with Crippen molar-refractivity contribution in [1.29, 1.82) is 0 Å². The maximum atomic E-state index is 12.9. The Morgan fingerprint density at radius 1 is 1.10 bits per heavy atom. The van der Waals surface area contributed by atoms with Crippen LogP contribution in [0.25, 0.3) is 0 Å². The summed E-state index contributed by atoms with van der Waals surface area (Å²) >= 11 is 6.28. The van der Waals surface area contributed by atoms with Gasteiger partial charge in [0.15, 0.2) is 5.78 Å². The number of Topliss-reactive ketones (excluding diaryl/α,β-unsaturated/α-hetero) is 1. The monoisotopic (exact) mass is 409 g/mol. The van der Waals surface area contributed by atoms with E-state index < -0.39 is 0 Å². The van der Waals surface area contributed by atoms with E-state index in [0.29, 0.717) is 23.2 Å². The summed E-state index contributed by atoms with van der Waals surface area (Å²) in [6, 6.07) is 7.65. The van der Waals surface area contributed by atoms with Crippen molar-refractivity contribution >= 4 is 35.0 Å². The second-order valence-electron chi connectivity index (χ2n) is 8.00. The molecule has 1 unspecified atom stereocenters. The molecule has 0 radical (unpaired) electrons. The molecule has 150 valence electrons. The smallest absolute Gasteiger partial charge is 0.229 e. The van der Waals surface area contributed by atoms with Crippen LogP contribution in [0.3, 0.4) is 0 Å². The van der Waals surface area contributed by atoms with Crippen molar-refractivity contribution in [3.05, 3.63) is 51.7 Å². The van der Waals surface area contributed by atoms with E-state index in [1.165, 1.54) is 6.42 Å². The SMILES string of the molecule is Nc1nc(N2CCCCC2)nc2c1C(c1cccc(Cl)c1)C1=C(CCCC1=O)N2. The number of piperidine rings is 1. The normalized spacial score (nSPS) is 21.5. The summed E-state index contributed by atoms with van der Waals surface area (Å²) in [5.41, 5.74) is 9.97. The molecule has 3 heterocycles. The highest BCUT2D eigenvalue weighted by Crippen LogP contribution is 2.47. The van der Waals surface area contributed by atoms with Gasteiger partial charge in [-0.1, -0.05) is 23.7 Å². The first-order chi connectivity index (χ1) is 14.1. The summed E-state index contributed by atoms with van der Waals surface area (Å²) in [5.74, 6) is 1.69. The highest BCUT2D eigenvalue weighted by atomic mass is 35.5. The standard InChI is InChI=1S/C22H24ClN5O/c23-14-7-4-6-13(12-14)17-18-15(8-5-9-16(18)29)25-21-19(17)20(24)26-22(27-21)28-10-2-1-3-11-28/h4,6-7,12,17H,1-3,5,8-11H2,(H3,24,25,26,27).